The number of benzene rings is 3. The highest BCUT2D eigenvalue weighted by Crippen LogP contribution is 2.40. The summed E-state index contributed by atoms with van der Waals surface area (Å²) in [5, 5.41) is 3.64. The molecular formula is C27H24ClN3O3. The third kappa shape index (κ3) is 3.86. The number of carbonyl (C=O) groups is 1. The van der Waals surface area contributed by atoms with Crippen molar-refractivity contribution in [1.82, 2.24) is 9.47 Å². The van der Waals surface area contributed by atoms with Crippen LogP contribution in [0, 0.1) is 0 Å². The van der Waals surface area contributed by atoms with E-state index in [4.69, 9.17) is 21.1 Å². The van der Waals surface area contributed by atoms with Gasteiger partial charge in [-0.3, -0.25) is 0 Å². The van der Waals surface area contributed by atoms with E-state index in [0.717, 1.165) is 22.5 Å². The van der Waals surface area contributed by atoms with E-state index in [1.165, 1.54) is 0 Å². The maximum Gasteiger partial charge on any atom is 0.323 e. The fourth-order valence-corrected chi connectivity index (χ4v) is 4.69. The Hall–Kier alpha value is -3.90. The van der Waals surface area contributed by atoms with E-state index in [9.17, 15) is 4.79 Å². The van der Waals surface area contributed by atoms with Crippen LogP contribution in [0.15, 0.2) is 85.1 Å². The molecule has 0 fully saturated rings. The molecule has 4 aromatic rings. The summed E-state index contributed by atoms with van der Waals surface area (Å²) in [6, 6.07) is 24.4. The summed E-state index contributed by atoms with van der Waals surface area (Å²) in [6.45, 7) is 0.401. The quantitative estimate of drug-likeness (QED) is 0.379. The molecule has 1 aliphatic rings. The van der Waals surface area contributed by atoms with Crippen LogP contribution in [-0.2, 0) is 6.54 Å². The minimum absolute atomic E-state index is 0.266. The van der Waals surface area contributed by atoms with Gasteiger partial charge >= 0.3 is 6.03 Å². The van der Waals surface area contributed by atoms with E-state index < -0.39 is 6.04 Å². The number of para-hydroxylation sites is 1. The number of ether oxygens (including phenoxy) is 2. The van der Waals surface area contributed by atoms with Crippen LogP contribution in [-0.4, -0.2) is 29.7 Å². The summed E-state index contributed by atoms with van der Waals surface area (Å²) in [6.07, 6.45) is 2.02. The van der Waals surface area contributed by atoms with Crippen molar-refractivity contribution < 1.29 is 14.3 Å². The Morgan fingerprint density at radius 3 is 2.56 bits per heavy atom. The van der Waals surface area contributed by atoms with E-state index in [1.54, 1.807) is 32.4 Å². The normalized spacial score (nSPS) is 14.6. The molecule has 0 saturated carbocycles. The van der Waals surface area contributed by atoms with Gasteiger partial charge < -0.3 is 24.3 Å². The Balaban J connectivity index is 1.62. The molecule has 6 nitrogen and oxygen atoms in total. The molecule has 1 N–H and O–H groups in total. The van der Waals surface area contributed by atoms with Crippen LogP contribution >= 0.6 is 11.6 Å². The minimum atomic E-state index is -0.402. The summed E-state index contributed by atoms with van der Waals surface area (Å²) < 4.78 is 12.9. The SMILES string of the molecule is COc1ccc(NC(=O)N2Cc3ccccc3-n3cccc3[C@@H]2c2ccccc2Cl)c(OC)c1. The molecule has 0 bridgehead atoms. The molecule has 172 valence electrons. The number of hydrogen-bond donors (Lipinski definition) is 1. The van der Waals surface area contributed by atoms with Crippen LogP contribution in [0.1, 0.15) is 22.9 Å². The van der Waals surface area contributed by atoms with Crippen LogP contribution in [0.5, 0.6) is 11.5 Å². The van der Waals surface area contributed by atoms with Gasteiger partial charge in [-0.1, -0.05) is 48.0 Å². The molecule has 2 heterocycles. The van der Waals surface area contributed by atoms with Gasteiger partial charge in [-0.05, 0) is 47.5 Å². The van der Waals surface area contributed by atoms with E-state index in [1.807, 2.05) is 65.7 Å². The number of rotatable bonds is 4. The number of urea groups is 1. The van der Waals surface area contributed by atoms with E-state index in [2.05, 4.69) is 16.0 Å². The van der Waals surface area contributed by atoms with Crippen LogP contribution in [0.2, 0.25) is 5.02 Å². The second-order valence-electron chi connectivity index (χ2n) is 7.98. The van der Waals surface area contributed by atoms with Gasteiger partial charge in [0.15, 0.2) is 0 Å². The monoisotopic (exact) mass is 473 g/mol. The molecule has 7 heteroatoms. The highest BCUT2D eigenvalue weighted by Gasteiger charge is 2.34. The van der Waals surface area contributed by atoms with Gasteiger partial charge in [0, 0.05) is 17.3 Å². The maximum absolute atomic E-state index is 13.9. The fraction of sp³-hybridized carbons (Fsp3) is 0.148. The van der Waals surface area contributed by atoms with E-state index >= 15 is 0 Å². The molecule has 2 amide bonds. The number of fused-ring (bicyclic) bond motifs is 3. The summed E-state index contributed by atoms with van der Waals surface area (Å²) in [5.74, 6) is 1.16. The molecule has 1 atom stereocenters. The number of aromatic nitrogens is 1. The molecule has 3 aromatic carbocycles. The molecular weight excluding hydrogens is 450 g/mol. The van der Waals surface area contributed by atoms with Crippen LogP contribution in [0.25, 0.3) is 5.69 Å². The third-order valence-corrected chi connectivity index (χ3v) is 6.42. The van der Waals surface area contributed by atoms with Gasteiger partial charge in [-0.25, -0.2) is 4.79 Å². The number of methoxy groups -OCH3 is 2. The lowest BCUT2D eigenvalue weighted by Gasteiger charge is -2.31. The predicted octanol–water partition coefficient (Wildman–Crippen LogP) is 6.29. The average molecular weight is 474 g/mol. The second-order valence-corrected chi connectivity index (χ2v) is 8.39. The molecule has 5 rings (SSSR count). The molecule has 34 heavy (non-hydrogen) atoms. The largest absolute Gasteiger partial charge is 0.497 e. The van der Waals surface area contributed by atoms with Crippen molar-refractivity contribution in [3.05, 3.63) is 107 Å². The summed E-state index contributed by atoms with van der Waals surface area (Å²) in [4.78, 5) is 15.7. The van der Waals surface area contributed by atoms with Crippen molar-refractivity contribution in [3.8, 4) is 17.2 Å². The smallest absolute Gasteiger partial charge is 0.323 e. The zero-order valence-corrected chi connectivity index (χ0v) is 19.6. The fourth-order valence-electron chi connectivity index (χ4n) is 4.45. The van der Waals surface area contributed by atoms with Gasteiger partial charge in [0.2, 0.25) is 0 Å². The molecule has 0 saturated heterocycles. The molecule has 0 spiro atoms. The van der Waals surface area contributed by atoms with Gasteiger partial charge in [-0.2, -0.15) is 0 Å². The molecule has 0 unspecified atom stereocenters. The highest BCUT2D eigenvalue weighted by atomic mass is 35.5. The van der Waals surface area contributed by atoms with Crippen molar-refractivity contribution in [1.29, 1.82) is 0 Å². The van der Waals surface area contributed by atoms with Crippen LogP contribution in [0.4, 0.5) is 10.5 Å². The number of hydrogen-bond acceptors (Lipinski definition) is 3. The first-order valence-electron chi connectivity index (χ1n) is 10.9. The summed E-state index contributed by atoms with van der Waals surface area (Å²) >= 11 is 6.67. The third-order valence-electron chi connectivity index (χ3n) is 6.07. The lowest BCUT2D eigenvalue weighted by atomic mass is 10.0. The van der Waals surface area contributed by atoms with Gasteiger partial charge in [0.25, 0.3) is 0 Å². The zero-order valence-electron chi connectivity index (χ0n) is 18.9. The van der Waals surface area contributed by atoms with Gasteiger partial charge in [-0.15, -0.1) is 0 Å². The average Bonchev–Trinajstić information content (AvgIpc) is 3.29. The molecule has 0 radical (unpaired) electrons. The number of nitrogens with one attached hydrogen (secondary N) is 1. The van der Waals surface area contributed by atoms with Gasteiger partial charge in [0.1, 0.15) is 17.5 Å². The van der Waals surface area contributed by atoms with Crippen molar-refractivity contribution in [3.63, 3.8) is 0 Å². The van der Waals surface area contributed by atoms with Crippen molar-refractivity contribution in [2.75, 3.05) is 19.5 Å². The predicted molar refractivity (Wildman–Crippen MR) is 133 cm³/mol. The van der Waals surface area contributed by atoms with Crippen LogP contribution < -0.4 is 14.8 Å². The Morgan fingerprint density at radius 2 is 1.76 bits per heavy atom. The summed E-state index contributed by atoms with van der Waals surface area (Å²) in [5.41, 5.74) is 4.44. The topological polar surface area (TPSA) is 55.7 Å². The number of anilines is 1. The summed E-state index contributed by atoms with van der Waals surface area (Å²) in [7, 11) is 3.15. The number of amides is 2. The van der Waals surface area contributed by atoms with Gasteiger partial charge in [0.05, 0.1) is 37.8 Å². The number of carbonyl (C=O) groups excluding carboxylic acids is 1. The Bertz CT molecular complexity index is 1350. The first-order chi connectivity index (χ1) is 16.6. The molecule has 1 aromatic heterocycles. The standard InChI is InChI=1S/C27H24ClN3O3/c1-33-19-13-14-22(25(16-19)34-2)29-27(32)31-17-18-8-3-6-11-23(18)30-15-7-12-24(30)26(31)20-9-4-5-10-21(20)28/h3-16,26H,17H2,1-2H3,(H,29,32)/t26-/m0/s1. The van der Waals surface area contributed by atoms with E-state index in [0.29, 0.717) is 28.8 Å². The van der Waals surface area contributed by atoms with Crippen molar-refractivity contribution in [2.24, 2.45) is 0 Å². The molecule has 1 aliphatic heterocycles. The Morgan fingerprint density at radius 1 is 0.971 bits per heavy atom. The number of halogens is 1. The lowest BCUT2D eigenvalue weighted by Crippen LogP contribution is -2.38. The lowest BCUT2D eigenvalue weighted by molar-refractivity contribution is 0.194. The highest BCUT2D eigenvalue weighted by molar-refractivity contribution is 6.31. The number of nitrogens with zero attached hydrogens (tertiary/aromatic N) is 2. The minimum Gasteiger partial charge on any atom is -0.497 e. The first kappa shape index (κ1) is 21.9. The Kier molecular flexibility index (Phi) is 5.90. The zero-order chi connectivity index (χ0) is 23.7. The van der Waals surface area contributed by atoms with Crippen molar-refractivity contribution in [2.45, 2.75) is 12.6 Å². The first-order valence-corrected chi connectivity index (χ1v) is 11.3. The van der Waals surface area contributed by atoms with Crippen molar-refractivity contribution >= 4 is 23.3 Å². The maximum atomic E-state index is 13.9. The molecule has 0 aliphatic carbocycles. The van der Waals surface area contributed by atoms with E-state index in [-0.39, 0.29) is 6.03 Å². The second kappa shape index (κ2) is 9.15. The Labute approximate surface area is 203 Å². The van der Waals surface area contributed by atoms with Crippen LogP contribution in [0.3, 0.4) is 0 Å².